The quantitative estimate of drug-likeness (QED) is 0.513. The van der Waals surface area contributed by atoms with Crippen LogP contribution in [0, 0.1) is 0 Å². The van der Waals surface area contributed by atoms with Gasteiger partial charge < -0.3 is 19.3 Å². The summed E-state index contributed by atoms with van der Waals surface area (Å²) in [5.41, 5.74) is 2.85. The summed E-state index contributed by atoms with van der Waals surface area (Å²) in [6, 6.07) is 22.3. The average Bonchev–Trinajstić information content (AvgIpc) is 3.03. The molecular formula is C29H33N3O3. The number of anilines is 1. The van der Waals surface area contributed by atoms with Gasteiger partial charge in [-0.2, -0.15) is 0 Å². The van der Waals surface area contributed by atoms with Gasteiger partial charge in [-0.1, -0.05) is 36.4 Å². The monoisotopic (exact) mass is 471 g/mol. The second-order valence-corrected chi connectivity index (χ2v) is 9.34. The van der Waals surface area contributed by atoms with E-state index >= 15 is 0 Å². The first-order valence-electron chi connectivity index (χ1n) is 12.6. The van der Waals surface area contributed by atoms with E-state index in [0.29, 0.717) is 26.1 Å². The van der Waals surface area contributed by atoms with Crippen LogP contribution in [0.4, 0.5) is 5.69 Å². The fraction of sp³-hybridized carbons (Fsp3) is 0.379. The zero-order valence-corrected chi connectivity index (χ0v) is 20.4. The number of para-hydroxylation sites is 3. The smallest absolute Gasteiger partial charge is 0.228 e. The molecule has 6 nitrogen and oxygen atoms in total. The molecule has 3 aromatic rings. The van der Waals surface area contributed by atoms with E-state index < -0.39 is 0 Å². The summed E-state index contributed by atoms with van der Waals surface area (Å²) in [6.45, 7) is 5.74. The summed E-state index contributed by atoms with van der Waals surface area (Å²) >= 11 is 0. The second-order valence-electron chi connectivity index (χ2n) is 9.34. The Balaban J connectivity index is 1.29. The van der Waals surface area contributed by atoms with Gasteiger partial charge in [-0.15, -0.1) is 0 Å². The second kappa shape index (κ2) is 10.4. The van der Waals surface area contributed by atoms with Gasteiger partial charge in [-0.05, 0) is 37.3 Å². The van der Waals surface area contributed by atoms with E-state index in [1.54, 1.807) is 6.20 Å². The Bertz CT molecular complexity index is 1140. The third-order valence-electron chi connectivity index (χ3n) is 7.09. The highest BCUT2D eigenvalue weighted by atomic mass is 16.5. The van der Waals surface area contributed by atoms with Gasteiger partial charge in [0.15, 0.2) is 0 Å². The lowest BCUT2D eigenvalue weighted by atomic mass is 9.87. The molecule has 182 valence electrons. The number of fused-ring (bicyclic) bond motifs is 1. The number of aromatic nitrogens is 1. The highest BCUT2D eigenvalue weighted by Crippen LogP contribution is 2.41. The Morgan fingerprint density at radius 1 is 0.971 bits per heavy atom. The number of piperidine rings is 1. The minimum atomic E-state index is -0.258. The van der Waals surface area contributed by atoms with Gasteiger partial charge in [0.2, 0.25) is 5.91 Å². The predicted octanol–water partition coefficient (Wildman–Crippen LogP) is 4.87. The van der Waals surface area contributed by atoms with Crippen molar-refractivity contribution in [3.8, 4) is 11.5 Å². The molecule has 2 aromatic carbocycles. The van der Waals surface area contributed by atoms with Crippen molar-refractivity contribution in [1.82, 2.24) is 9.88 Å². The standard InChI is InChI=1S/C29H33N3O3/c1-2-34-26-12-5-3-9-23(26)22-32-20-16-29(35-27-13-6-4-11-25(27)32)14-18-31(19-15-29)28(33)21-24-10-7-8-17-30-24/h3-13,17H,2,14-16,18-22H2,1H3. The maximum absolute atomic E-state index is 12.9. The van der Waals surface area contributed by atoms with Crippen LogP contribution in [0.15, 0.2) is 72.9 Å². The zero-order valence-electron chi connectivity index (χ0n) is 20.4. The van der Waals surface area contributed by atoms with Crippen molar-refractivity contribution in [3.63, 3.8) is 0 Å². The van der Waals surface area contributed by atoms with Gasteiger partial charge >= 0.3 is 0 Å². The number of carbonyl (C=O) groups excluding carboxylic acids is 1. The van der Waals surface area contributed by atoms with Crippen LogP contribution < -0.4 is 14.4 Å². The molecule has 5 rings (SSSR count). The maximum Gasteiger partial charge on any atom is 0.228 e. The lowest BCUT2D eigenvalue weighted by Gasteiger charge is -2.41. The average molecular weight is 472 g/mol. The minimum absolute atomic E-state index is 0.140. The van der Waals surface area contributed by atoms with E-state index in [1.807, 2.05) is 48.2 Å². The summed E-state index contributed by atoms with van der Waals surface area (Å²) < 4.78 is 12.6. The normalized spacial score (nSPS) is 16.8. The summed E-state index contributed by atoms with van der Waals surface area (Å²) in [6.07, 6.45) is 4.67. The molecule has 0 unspecified atom stereocenters. The molecule has 1 saturated heterocycles. The summed E-state index contributed by atoms with van der Waals surface area (Å²) in [4.78, 5) is 21.6. The van der Waals surface area contributed by atoms with Crippen molar-refractivity contribution in [2.45, 2.75) is 44.8 Å². The number of rotatable bonds is 6. The van der Waals surface area contributed by atoms with Gasteiger partial charge in [0.25, 0.3) is 0 Å². The van der Waals surface area contributed by atoms with Gasteiger partial charge in [0.1, 0.15) is 17.1 Å². The SMILES string of the molecule is CCOc1ccccc1CN1CCC2(CCN(C(=O)Cc3ccccn3)CC2)Oc2ccccc21. The Labute approximate surface area is 207 Å². The van der Waals surface area contributed by atoms with Crippen molar-refractivity contribution in [2.24, 2.45) is 0 Å². The number of hydrogen-bond acceptors (Lipinski definition) is 5. The molecule has 6 heteroatoms. The van der Waals surface area contributed by atoms with Crippen molar-refractivity contribution < 1.29 is 14.3 Å². The van der Waals surface area contributed by atoms with E-state index in [4.69, 9.17) is 9.47 Å². The van der Waals surface area contributed by atoms with Crippen LogP contribution in [0.5, 0.6) is 11.5 Å². The molecule has 2 aliphatic heterocycles. The lowest BCUT2D eigenvalue weighted by molar-refractivity contribution is -0.134. The van der Waals surface area contributed by atoms with Crippen LogP contribution >= 0.6 is 0 Å². The van der Waals surface area contributed by atoms with Crippen LogP contribution in [0.1, 0.15) is 37.4 Å². The number of pyridine rings is 1. The number of hydrogen-bond donors (Lipinski definition) is 0. The first-order chi connectivity index (χ1) is 17.2. The third-order valence-corrected chi connectivity index (χ3v) is 7.09. The van der Waals surface area contributed by atoms with Crippen LogP contribution in [-0.4, -0.2) is 47.6 Å². The molecule has 1 amide bonds. The molecular weight excluding hydrogens is 438 g/mol. The fourth-order valence-corrected chi connectivity index (χ4v) is 5.13. The Hall–Kier alpha value is -3.54. The molecule has 0 N–H and O–H groups in total. The van der Waals surface area contributed by atoms with Crippen LogP contribution in [0.2, 0.25) is 0 Å². The first kappa shape index (κ1) is 23.2. The largest absolute Gasteiger partial charge is 0.494 e. The Kier molecular flexibility index (Phi) is 6.89. The molecule has 1 spiro atoms. The van der Waals surface area contributed by atoms with Crippen LogP contribution in [0.3, 0.4) is 0 Å². The van der Waals surface area contributed by atoms with Gasteiger partial charge in [-0.3, -0.25) is 9.78 Å². The molecule has 2 aliphatic rings. The molecule has 0 atom stereocenters. The van der Waals surface area contributed by atoms with Crippen molar-refractivity contribution in [1.29, 1.82) is 0 Å². The topological polar surface area (TPSA) is 54.9 Å². The molecule has 3 heterocycles. The third kappa shape index (κ3) is 5.26. The van der Waals surface area contributed by atoms with E-state index in [2.05, 4.69) is 40.2 Å². The minimum Gasteiger partial charge on any atom is -0.494 e. The summed E-state index contributed by atoms with van der Waals surface area (Å²) in [7, 11) is 0. The predicted molar refractivity (Wildman–Crippen MR) is 137 cm³/mol. The highest BCUT2D eigenvalue weighted by molar-refractivity contribution is 5.78. The molecule has 1 aromatic heterocycles. The molecule has 0 bridgehead atoms. The lowest BCUT2D eigenvalue weighted by Crippen LogP contribution is -2.50. The van der Waals surface area contributed by atoms with Crippen molar-refractivity contribution in [3.05, 3.63) is 84.2 Å². The molecule has 0 saturated carbocycles. The zero-order chi connectivity index (χ0) is 24.1. The first-order valence-corrected chi connectivity index (χ1v) is 12.6. The Morgan fingerprint density at radius 3 is 2.51 bits per heavy atom. The van der Waals surface area contributed by atoms with Gasteiger partial charge in [0, 0.05) is 62.9 Å². The molecule has 1 fully saturated rings. The van der Waals surface area contributed by atoms with Crippen molar-refractivity contribution in [2.75, 3.05) is 31.1 Å². The Morgan fingerprint density at radius 2 is 1.71 bits per heavy atom. The van der Waals surface area contributed by atoms with E-state index in [0.717, 1.165) is 55.2 Å². The number of nitrogens with zero attached hydrogens (tertiary/aromatic N) is 3. The fourth-order valence-electron chi connectivity index (χ4n) is 5.13. The van der Waals surface area contributed by atoms with Crippen molar-refractivity contribution >= 4 is 11.6 Å². The maximum atomic E-state index is 12.9. The number of ether oxygens (including phenoxy) is 2. The number of benzene rings is 2. The number of amides is 1. The van der Waals surface area contributed by atoms with Gasteiger partial charge in [-0.25, -0.2) is 0 Å². The molecule has 35 heavy (non-hydrogen) atoms. The molecule has 0 radical (unpaired) electrons. The number of likely N-dealkylation sites (tertiary alicyclic amines) is 1. The van der Waals surface area contributed by atoms with Crippen LogP contribution in [-0.2, 0) is 17.8 Å². The highest BCUT2D eigenvalue weighted by Gasteiger charge is 2.40. The summed E-state index contributed by atoms with van der Waals surface area (Å²) in [5, 5.41) is 0. The molecule has 0 aliphatic carbocycles. The van der Waals surface area contributed by atoms with E-state index in [9.17, 15) is 4.79 Å². The summed E-state index contributed by atoms with van der Waals surface area (Å²) in [5.74, 6) is 2.00. The van der Waals surface area contributed by atoms with Gasteiger partial charge in [0.05, 0.1) is 18.7 Å². The van der Waals surface area contributed by atoms with E-state index in [1.165, 1.54) is 5.56 Å². The van der Waals surface area contributed by atoms with Crippen LogP contribution in [0.25, 0.3) is 0 Å². The number of carbonyl (C=O) groups is 1. The van der Waals surface area contributed by atoms with E-state index in [-0.39, 0.29) is 11.5 Å².